The van der Waals surface area contributed by atoms with Crippen LogP contribution in [-0.2, 0) is 0 Å². The van der Waals surface area contributed by atoms with Gasteiger partial charge in [-0.15, -0.1) is 0 Å². The fourth-order valence-electron chi connectivity index (χ4n) is 8.75. The summed E-state index contributed by atoms with van der Waals surface area (Å²) < 4.78 is 0. The van der Waals surface area contributed by atoms with Crippen LogP contribution in [0.1, 0.15) is 69.8 Å². The number of hydrogen-bond acceptors (Lipinski definition) is 1. The largest absolute Gasteiger partial charge is 0.309 e. The second kappa shape index (κ2) is 18.2. The molecule has 0 radical (unpaired) electrons. The van der Waals surface area contributed by atoms with E-state index in [0.29, 0.717) is 5.92 Å². The van der Waals surface area contributed by atoms with E-state index in [9.17, 15) is 0 Å². The van der Waals surface area contributed by atoms with Crippen LogP contribution in [0.3, 0.4) is 0 Å². The third kappa shape index (κ3) is 8.58. The lowest BCUT2D eigenvalue weighted by molar-refractivity contribution is 0.866. The van der Waals surface area contributed by atoms with Crippen molar-refractivity contribution in [1.82, 2.24) is 0 Å². The Morgan fingerprint density at radius 1 is 0.359 bits per heavy atom. The molecule has 0 N–H and O–H groups in total. The first kappa shape index (κ1) is 40.1. The molecular formula is C63H49N. The van der Waals surface area contributed by atoms with Gasteiger partial charge in [0, 0.05) is 5.69 Å². The Morgan fingerprint density at radius 3 is 1.11 bits per heavy atom. The van der Waals surface area contributed by atoms with Crippen molar-refractivity contribution in [3.05, 3.63) is 281 Å². The number of benzene rings is 9. The van der Waals surface area contributed by atoms with Crippen LogP contribution in [-0.4, -0.2) is 0 Å². The summed E-state index contributed by atoms with van der Waals surface area (Å²) in [5.41, 5.74) is 21.2. The van der Waals surface area contributed by atoms with Gasteiger partial charge in [0.25, 0.3) is 0 Å². The first-order valence-corrected chi connectivity index (χ1v) is 22.3. The van der Waals surface area contributed by atoms with E-state index in [0.717, 1.165) is 39.3 Å². The van der Waals surface area contributed by atoms with Crippen LogP contribution in [0.2, 0.25) is 0 Å². The predicted molar refractivity (Wildman–Crippen MR) is 275 cm³/mol. The Kier molecular flexibility index (Phi) is 11.4. The molecule has 64 heavy (non-hydrogen) atoms. The van der Waals surface area contributed by atoms with E-state index >= 15 is 0 Å². The van der Waals surface area contributed by atoms with Crippen LogP contribution in [0.15, 0.2) is 231 Å². The molecule has 0 atom stereocenters. The summed E-state index contributed by atoms with van der Waals surface area (Å²) in [6.07, 6.45) is 9.22. The highest BCUT2D eigenvalue weighted by Crippen LogP contribution is 2.44. The normalized spacial score (nSPS) is 12.5. The van der Waals surface area contributed by atoms with Crippen molar-refractivity contribution < 1.29 is 0 Å². The van der Waals surface area contributed by atoms with E-state index in [1.807, 2.05) is 0 Å². The number of hydrogen-bond donors (Lipinski definition) is 0. The number of fused-ring (bicyclic) bond motifs is 2. The summed E-state index contributed by atoms with van der Waals surface area (Å²) in [5.74, 6) is 0.434. The Labute approximate surface area is 378 Å². The summed E-state index contributed by atoms with van der Waals surface area (Å²) in [6.45, 7) is 4.51. The molecular weight excluding hydrogens is 771 g/mol. The van der Waals surface area contributed by atoms with Crippen LogP contribution in [0.5, 0.6) is 0 Å². The van der Waals surface area contributed by atoms with Crippen LogP contribution in [0.4, 0.5) is 17.1 Å². The van der Waals surface area contributed by atoms with Gasteiger partial charge in [0.15, 0.2) is 0 Å². The minimum atomic E-state index is 0.434. The molecule has 0 bridgehead atoms. The van der Waals surface area contributed by atoms with E-state index in [2.05, 4.69) is 274 Å². The second-order valence-corrected chi connectivity index (χ2v) is 16.8. The first-order valence-electron chi connectivity index (χ1n) is 22.3. The quantitative estimate of drug-likeness (QED) is 0.124. The maximum absolute atomic E-state index is 2.46. The van der Waals surface area contributed by atoms with Crippen molar-refractivity contribution in [1.29, 1.82) is 0 Å². The van der Waals surface area contributed by atoms with Gasteiger partial charge < -0.3 is 4.90 Å². The van der Waals surface area contributed by atoms with E-state index in [4.69, 9.17) is 0 Å². The summed E-state index contributed by atoms with van der Waals surface area (Å²) >= 11 is 0. The highest BCUT2D eigenvalue weighted by Gasteiger charge is 2.22. The lowest BCUT2D eigenvalue weighted by atomic mass is 9.93. The smallest absolute Gasteiger partial charge is 0.0540 e. The van der Waals surface area contributed by atoms with Gasteiger partial charge in [-0.1, -0.05) is 232 Å². The van der Waals surface area contributed by atoms with Gasteiger partial charge in [0.1, 0.15) is 0 Å². The summed E-state index contributed by atoms with van der Waals surface area (Å²) in [4.78, 5) is 2.46. The lowest BCUT2D eigenvalue weighted by Gasteiger charge is -2.28. The van der Waals surface area contributed by atoms with Crippen LogP contribution in [0, 0.1) is 0 Å². The first-order chi connectivity index (χ1) is 31.5. The molecule has 0 fully saturated rings. The molecule has 1 nitrogen and oxygen atoms in total. The van der Waals surface area contributed by atoms with Gasteiger partial charge in [-0.2, -0.15) is 0 Å². The zero-order valence-electron chi connectivity index (χ0n) is 36.3. The molecule has 0 aromatic heterocycles. The molecule has 0 unspecified atom stereocenters. The third-order valence-corrected chi connectivity index (χ3v) is 12.2. The Morgan fingerprint density at radius 2 is 0.719 bits per heavy atom. The SMILES string of the molecule is CC(C)c1ccc(N2c3cc(C=C(c4ccccc4)c4ccc(-c5ccccc5)cc4)ccc3C=Cc3ccc(C=C(c4ccccc4)c4ccc(-c5ccccc5)cc4)cc32)cc1. The monoisotopic (exact) mass is 819 g/mol. The zero-order chi connectivity index (χ0) is 43.2. The number of rotatable bonds is 10. The van der Waals surface area contributed by atoms with Gasteiger partial charge in [-0.05, 0) is 126 Å². The molecule has 306 valence electrons. The predicted octanol–water partition coefficient (Wildman–Crippen LogP) is 17.3. The van der Waals surface area contributed by atoms with Gasteiger partial charge in [0.2, 0.25) is 0 Å². The van der Waals surface area contributed by atoms with E-state index < -0.39 is 0 Å². The third-order valence-electron chi connectivity index (χ3n) is 12.2. The summed E-state index contributed by atoms with van der Waals surface area (Å²) in [5, 5.41) is 0. The van der Waals surface area contributed by atoms with Crippen molar-refractivity contribution in [2.45, 2.75) is 19.8 Å². The Balaban J connectivity index is 1.10. The highest BCUT2D eigenvalue weighted by atomic mass is 15.1. The van der Waals surface area contributed by atoms with Crippen molar-refractivity contribution >= 4 is 52.5 Å². The molecule has 0 saturated carbocycles. The minimum Gasteiger partial charge on any atom is -0.309 e. The molecule has 0 spiro atoms. The van der Waals surface area contributed by atoms with E-state index in [1.165, 1.54) is 61.2 Å². The Bertz CT molecular complexity index is 2910. The maximum atomic E-state index is 2.46. The standard InChI is InChI=1S/C63H49N/c1-45(2)48-37-39-59(40-38-48)64-62-43-46(41-60(53-19-11-5-12-20-53)55-31-27-51(28-32-55)49-15-7-3-8-16-49)23-25-57(62)35-36-58-26-24-47(44-63(58)64)42-61(54-21-13-6-14-22-54)56-33-29-52(30-34-56)50-17-9-4-10-18-50/h3-45H,1-2H3. The molecule has 1 aliphatic rings. The fraction of sp³-hybridized carbons (Fsp3) is 0.0476. The average Bonchev–Trinajstić information content (AvgIpc) is 3.52. The van der Waals surface area contributed by atoms with Gasteiger partial charge in [0.05, 0.1) is 11.4 Å². The van der Waals surface area contributed by atoms with E-state index in [1.54, 1.807) is 0 Å². The van der Waals surface area contributed by atoms with Crippen LogP contribution in [0.25, 0.3) is 57.7 Å². The summed E-state index contributed by atoms with van der Waals surface area (Å²) in [6, 6.07) is 83.5. The topological polar surface area (TPSA) is 3.24 Å². The molecule has 1 heteroatoms. The number of nitrogens with zero attached hydrogens (tertiary/aromatic N) is 1. The van der Waals surface area contributed by atoms with Crippen LogP contribution < -0.4 is 4.90 Å². The molecule has 10 rings (SSSR count). The van der Waals surface area contributed by atoms with Gasteiger partial charge in [-0.25, -0.2) is 0 Å². The highest BCUT2D eigenvalue weighted by molar-refractivity contribution is 5.98. The second-order valence-electron chi connectivity index (χ2n) is 16.8. The maximum Gasteiger partial charge on any atom is 0.0540 e. The average molecular weight is 820 g/mol. The Hall–Kier alpha value is -8.00. The van der Waals surface area contributed by atoms with E-state index in [-0.39, 0.29) is 0 Å². The fourth-order valence-corrected chi connectivity index (χ4v) is 8.75. The van der Waals surface area contributed by atoms with Crippen molar-refractivity contribution in [2.24, 2.45) is 0 Å². The molecule has 0 aliphatic carbocycles. The molecule has 9 aromatic carbocycles. The molecule has 0 amide bonds. The summed E-state index contributed by atoms with van der Waals surface area (Å²) in [7, 11) is 0. The van der Waals surface area contributed by atoms with Crippen molar-refractivity contribution in [2.75, 3.05) is 4.90 Å². The molecule has 9 aromatic rings. The van der Waals surface area contributed by atoms with Gasteiger partial charge in [-0.3, -0.25) is 0 Å². The lowest BCUT2D eigenvalue weighted by Crippen LogP contribution is -2.12. The number of anilines is 3. The zero-order valence-corrected chi connectivity index (χ0v) is 36.3. The molecule has 1 heterocycles. The minimum absolute atomic E-state index is 0.434. The van der Waals surface area contributed by atoms with Crippen molar-refractivity contribution in [3.63, 3.8) is 0 Å². The molecule has 0 saturated heterocycles. The van der Waals surface area contributed by atoms with Crippen LogP contribution >= 0.6 is 0 Å². The van der Waals surface area contributed by atoms with Crippen molar-refractivity contribution in [3.8, 4) is 22.3 Å². The van der Waals surface area contributed by atoms with Gasteiger partial charge >= 0.3 is 0 Å². The molecule has 1 aliphatic heterocycles.